The highest BCUT2D eigenvalue weighted by molar-refractivity contribution is 6.30. The second-order valence-corrected chi connectivity index (χ2v) is 7.51. The number of benzene rings is 1. The minimum atomic E-state index is 0. The van der Waals surface area contributed by atoms with Gasteiger partial charge >= 0.3 is 0 Å². The van der Waals surface area contributed by atoms with E-state index in [0.29, 0.717) is 6.61 Å². The molecule has 2 heterocycles. The highest BCUT2D eigenvalue weighted by Gasteiger charge is 2.18. The molecule has 0 bridgehead atoms. The zero-order valence-electron chi connectivity index (χ0n) is 15.0. The largest absolute Gasteiger partial charge is 1.00 e. The fourth-order valence-electron chi connectivity index (χ4n) is 2.75. The molecule has 0 aliphatic rings. The van der Waals surface area contributed by atoms with E-state index in [-0.39, 0.29) is 24.0 Å². The quantitative estimate of drug-likeness (QED) is 0.411. The molecule has 3 aromatic rings. The van der Waals surface area contributed by atoms with Crippen molar-refractivity contribution in [1.29, 1.82) is 0 Å². The van der Waals surface area contributed by atoms with Gasteiger partial charge in [0.15, 0.2) is 11.4 Å². The number of quaternary nitrogens is 1. The van der Waals surface area contributed by atoms with E-state index in [4.69, 9.17) is 21.3 Å². The molecule has 3 rings (SSSR count). The van der Waals surface area contributed by atoms with Crippen molar-refractivity contribution in [1.82, 2.24) is 9.38 Å². The van der Waals surface area contributed by atoms with E-state index < -0.39 is 0 Å². The third-order valence-electron chi connectivity index (χ3n) is 3.82. The molecule has 0 saturated carbocycles. The topological polar surface area (TPSA) is 26.5 Å². The van der Waals surface area contributed by atoms with Crippen molar-refractivity contribution in [3.8, 4) is 5.75 Å². The molecular weight excluding hydrogens is 449 g/mol. The van der Waals surface area contributed by atoms with Gasteiger partial charge in [0.25, 0.3) is 0 Å². The number of aromatic nitrogens is 2. The first-order valence-electron chi connectivity index (χ1n) is 7.98. The summed E-state index contributed by atoms with van der Waals surface area (Å²) in [5, 5.41) is 0.719. The predicted octanol–water partition coefficient (Wildman–Crippen LogP) is 1.09. The van der Waals surface area contributed by atoms with Crippen molar-refractivity contribution in [3.63, 3.8) is 0 Å². The van der Waals surface area contributed by atoms with E-state index in [1.165, 1.54) is 5.69 Å². The van der Waals surface area contributed by atoms with Crippen molar-refractivity contribution >= 4 is 17.2 Å². The zero-order chi connectivity index (χ0) is 17.3. The Morgan fingerprint density at radius 1 is 1.16 bits per heavy atom. The van der Waals surface area contributed by atoms with Gasteiger partial charge in [-0.3, -0.25) is 4.40 Å². The lowest BCUT2D eigenvalue weighted by Gasteiger charge is -2.23. The lowest BCUT2D eigenvalue weighted by Crippen LogP contribution is -3.00. The molecule has 0 atom stereocenters. The standard InChI is InChI=1S/C19H23ClN3O.HI/c1-14-17(12-23(2,3)4)22-10-6-9-18(19(22)21-14)24-13-15-7-5-8-16(20)11-15;/h5-11H,12-13H2,1-4H3;1H/q+1;/p-1. The van der Waals surface area contributed by atoms with Crippen molar-refractivity contribution in [3.05, 3.63) is 64.6 Å². The number of hydrogen-bond donors (Lipinski definition) is 0. The molecule has 0 N–H and O–H groups in total. The Kier molecular flexibility index (Phi) is 6.35. The smallest absolute Gasteiger partial charge is 0.180 e. The van der Waals surface area contributed by atoms with Crippen molar-refractivity contribution in [2.75, 3.05) is 21.1 Å². The average Bonchev–Trinajstić information content (AvgIpc) is 2.80. The number of nitrogens with zero attached hydrogens (tertiary/aromatic N) is 3. The number of rotatable bonds is 5. The molecule has 0 aliphatic carbocycles. The second-order valence-electron chi connectivity index (χ2n) is 7.08. The summed E-state index contributed by atoms with van der Waals surface area (Å²) in [5.74, 6) is 0.785. The lowest BCUT2D eigenvalue weighted by atomic mass is 10.2. The van der Waals surface area contributed by atoms with Crippen LogP contribution < -0.4 is 28.7 Å². The number of ether oxygens (including phenoxy) is 1. The van der Waals surface area contributed by atoms with Gasteiger partial charge in [-0.05, 0) is 36.8 Å². The first-order chi connectivity index (χ1) is 11.3. The summed E-state index contributed by atoms with van der Waals surface area (Å²) in [6.45, 7) is 3.43. The SMILES string of the molecule is Cc1nc2c(OCc3cccc(Cl)c3)cccn2c1C[N+](C)(C)C.[I-]. The Balaban J connectivity index is 0.00000225. The molecule has 4 nitrogen and oxygen atoms in total. The van der Waals surface area contributed by atoms with Crippen LogP contribution in [0.4, 0.5) is 0 Å². The maximum Gasteiger partial charge on any atom is 0.180 e. The summed E-state index contributed by atoms with van der Waals surface area (Å²) in [4.78, 5) is 4.73. The van der Waals surface area contributed by atoms with Crippen LogP contribution in [0.5, 0.6) is 5.75 Å². The van der Waals surface area contributed by atoms with Crippen LogP contribution >= 0.6 is 11.6 Å². The zero-order valence-corrected chi connectivity index (χ0v) is 17.9. The Morgan fingerprint density at radius 2 is 1.92 bits per heavy atom. The molecule has 134 valence electrons. The Labute approximate surface area is 171 Å². The van der Waals surface area contributed by atoms with Crippen LogP contribution in [-0.2, 0) is 13.2 Å². The van der Waals surface area contributed by atoms with Crippen LogP contribution in [0.1, 0.15) is 17.0 Å². The summed E-state index contributed by atoms with van der Waals surface area (Å²) >= 11 is 6.03. The van der Waals surface area contributed by atoms with Gasteiger partial charge in [-0.1, -0.05) is 23.7 Å². The van der Waals surface area contributed by atoms with Crippen LogP contribution in [-0.4, -0.2) is 35.0 Å². The maximum absolute atomic E-state index is 6.03. The monoisotopic (exact) mass is 471 g/mol. The third kappa shape index (κ3) is 4.86. The van der Waals surface area contributed by atoms with E-state index in [1.807, 2.05) is 42.6 Å². The molecule has 0 saturated heterocycles. The summed E-state index contributed by atoms with van der Waals surface area (Å²) < 4.78 is 8.99. The van der Waals surface area contributed by atoms with E-state index in [1.54, 1.807) is 0 Å². The Bertz CT molecular complexity index is 871. The Hall–Kier alpha value is -1.31. The number of imidazole rings is 1. The summed E-state index contributed by atoms with van der Waals surface area (Å²) in [5.41, 5.74) is 4.16. The van der Waals surface area contributed by atoms with Gasteiger partial charge in [0, 0.05) is 11.2 Å². The first kappa shape index (κ1) is 20.0. The summed E-state index contributed by atoms with van der Waals surface area (Å²) in [7, 11) is 6.54. The highest BCUT2D eigenvalue weighted by Crippen LogP contribution is 2.24. The van der Waals surface area contributed by atoms with Gasteiger partial charge in [0.1, 0.15) is 18.8 Å². The van der Waals surface area contributed by atoms with Gasteiger partial charge in [0.2, 0.25) is 0 Å². The normalized spacial score (nSPS) is 11.4. The van der Waals surface area contributed by atoms with Crippen LogP contribution in [0.15, 0.2) is 42.6 Å². The van der Waals surface area contributed by atoms with Gasteiger partial charge in [0.05, 0.1) is 26.8 Å². The third-order valence-corrected chi connectivity index (χ3v) is 4.06. The molecule has 2 aromatic heterocycles. The van der Waals surface area contributed by atoms with Crippen LogP contribution in [0.25, 0.3) is 5.65 Å². The Morgan fingerprint density at radius 3 is 2.60 bits per heavy atom. The molecule has 0 radical (unpaired) electrons. The number of fused-ring (bicyclic) bond motifs is 1. The molecular formula is C19H23ClIN3O. The maximum atomic E-state index is 6.03. The minimum absolute atomic E-state index is 0. The summed E-state index contributed by atoms with van der Waals surface area (Å²) in [6.07, 6.45) is 2.05. The van der Waals surface area contributed by atoms with Gasteiger partial charge in [-0.25, -0.2) is 4.98 Å². The molecule has 0 amide bonds. The molecule has 0 aliphatic heterocycles. The molecule has 25 heavy (non-hydrogen) atoms. The van der Waals surface area contributed by atoms with Gasteiger partial charge in [-0.15, -0.1) is 0 Å². The van der Waals surface area contributed by atoms with Crippen LogP contribution in [0.3, 0.4) is 0 Å². The predicted molar refractivity (Wildman–Crippen MR) is 97.4 cm³/mol. The van der Waals surface area contributed by atoms with E-state index >= 15 is 0 Å². The first-order valence-corrected chi connectivity index (χ1v) is 8.35. The van der Waals surface area contributed by atoms with Crippen molar-refractivity contribution < 1.29 is 33.2 Å². The van der Waals surface area contributed by atoms with Crippen LogP contribution in [0.2, 0.25) is 5.02 Å². The summed E-state index contributed by atoms with van der Waals surface area (Å²) in [6, 6.07) is 11.7. The highest BCUT2D eigenvalue weighted by atomic mass is 127. The number of hydrogen-bond acceptors (Lipinski definition) is 2. The molecule has 1 aromatic carbocycles. The molecule has 0 spiro atoms. The van der Waals surface area contributed by atoms with Crippen LogP contribution in [0, 0.1) is 6.92 Å². The fourth-order valence-corrected chi connectivity index (χ4v) is 2.96. The van der Waals surface area contributed by atoms with Gasteiger partial charge < -0.3 is 33.2 Å². The molecule has 0 unspecified atom stereocenters. The lowest BCUT2D eigenvalue weighted by molar-refractivity contribution is -0.884. The number of pyridine rings is 1. The van der Waals surface area contributed by atoms with E-state index in [0.717, 1.165) is 38.7 Å². The average molecular weight is 472 g/mol. The van der Waals surface area contributed by atoms with Gasteiger partial charge in [-0.2, -0.15) is 0 Å². The second kappa shape index (κ2) is 7.93. The minimum Gasteiger partial charge on any atom is -1.00 e. The fraction of sp³-hybridized carbons (Fsp3) is 0.316. The number of halogens is 2. The van der Waals surface area contributed by atoms with E-state index in [9.17, 15) is 0 Å². The van der Waals surface area contributed by atoms with Crippen molar-refractivity contribution in [2.24, 2.45) is 0 Å². The number of aryl methyl sites for hydroxylation is 1. The molecule has 0 fully saturated rings. The molecule has 6 heteroatoms. The van der Waals surface area contributed by atoms with E-state index in [2.05, 4.69) is 32.5 Å². The van der Waals surface area contributed by atoms with Crippen molar-refractivity contribution in [2.45, 2.75) is 20.1 Å².